The lowest BCUT2D eigenvalue weighted by Crippen LogP contribution is -2.44. The number of carbonyl (C=O) groups excluding carboxylic acids is 1. The van der Waals surface area contributed by atoms with E-state index in [-0.39, 0.29) is 12.5 Å². The minimum absolute atomic E-state index is 0.125. The largest absolute Gasteiger partial charge is 0.344 e. The molecule has 1 amide bonds. The molecule has 0 radical (unpaired) electrons. The molecule has 0 saturated carbocycles. The molecular formula is C15H26N4O3S. The van der Waals surface area contributed by atoms with Gasteiger partial charge in [0.05, 0.1) is 12.8 Å². The van der Waals surface area contributed by atoms with Gasteiger partial charge in [0, 0.05) is 39.1 Å². The van der Waals surface area contributed by atoms with Crippen LogP contribution < -0.4 is 0 Å². The third kappa shape index (κ3) is 7.54. The molecule has 23 heavy (non-hydrogen) atoms. The van der Waals surface area contributed by atoms with Crippen molar-refractivity contribution in [2.45, 2.75) is 6.42 Å². The van der Waals surface area contributed by atoms with Gasteiger partial charge in [0.2, 0.25) is 15.9 Å². The Hall–Kier alpha value is -1.51. The molecule has 1 aromatic rings. The Kier molecular flexibility index (Phi) is 7.60. The van der Waals surface area contributed by atoms with Gasteiger partial charge in [-0.05, 0) is 38.2 Å². The molecule has 7 nitrogen and oxygen atoms in total. The summed E-state index contributed by atoms with van der Waals surface area (Å²) in [5.74, 6) is -0.205. The number of likely N-dealkylation sites (N-methyl/N-ethyl adjacent to an activating group) is 2. The molecule has 130 valence electrons. The molecule has 0 atom stereocenters. The van der Waals surface area contributed by atoms with Crippen molar-refractivity contribution in [3.63, 3.8) is 0 Å². The van der Waals surface area contributed by atoms with Gasteiger partial charge >= 0.3 is 0 Å². The summed E-state index contributed by atoms with van der Waals surface area (Å²) in [5.41, 5.74) is 1.09. The Labute approximate surface area is 139 Å². The van der Waals surface area contributed by atoms with E-state index in [0.717, 1.165) is 11.8 Å². The highest BCUT2D eigenvalue weighted by atomic mass is 32.2. The summed E-state index contributed by atoms with van der Waals surface area (Å²) in [7, 11) is 2.01. The molecule has 0 fully saturated rings. The highest BCUT2D eigenvalue weighted by Crippen LogP contribution is 2.02. The molecule has 0 bridgehead atoms. The van der Waals surface area contributed by atoms with Crippen molar-refractivity contribution in [3.8, 4) is 0 Å². The van der Waals surface area contributed by atoms with Gasteiger partial charge in [0.1, 0.15) is 0 Å². The Morgan fingerprint density at radius 2 is 1.70 bits per heavy atom. The lowest BCUT2D eigenvalue weighted by Gasteiger charge is -2.24. The van der Waals surface area contributed by atoms with Gasteiger partial charge in [0.15, 0.2) is 0 Å². The van der Waals surface area contributed by atoms with Crippen LogP contribution >= 0.6 is 0 Å². The van der Waals surface area contributed by atoms with E-state index in [2.05, 4.69) is 4.98 Å². The lowest BCUT2D eigenvalue weighted by atomic mass is 10.2. The first kappa shape index (κ1) is 19.5. The summed E-state index contributed by atoms with van der Waals surface area (Å²) in [6, 6.07) is 3.80. The number of hydrogen-bond acceptors (Lipinski definition) is 5. The van der Waals surface area contributed by atoms with Crippen LogP contribution in [0.4, 0.5) is 0 Å². The fourth-order valence-electron chi connectivity index (χ4n) is 1.92. The van der Waals surface area contributed by atoms with Crippen molar-refractivity contribution in [3.05, 3.63) is 30.1 Å². The lowest BCUT2D eigenvalue weighted by molar-refractivity contribution is -0.130. The van der Waals surface area contributed by atoms with Gasteiger partial charge in [-0.25, -0.2) is 8.42 Å². The molecule has 0 aliphatic heterocycles. The Balaban J connectivity index is 2.56. The van der Waals surface area contributed by atoms with E-state index in [1.807, 2.05) is 31.1 Å². The van der Waals surface area contributed by atoms with Crippen LogP contribution in [0.25, 0.3) is 0 Å². The maximum atomic E-state index is 12.3. The molecular weight excluding hydrogens is 316 g/mol. The van der Waals surface area contributed by atoms with Crippen LogP contribution in [0.15, 0.2) is 24.5 Å². The average Bonchev–Trinajstić information content (AvgIpc) is 2.48. The topological polar surface area (TPSA) is 73.8 Å². The van der Waals surface area contributed by atoms with Crippen molar-refractivity contribution < 1.29 is 13.2 Å². The van der Waals surface area contributed by atoms with Crippen LogP contribution in [0.2, 0.25) is 0 Å². The summed E-state index contributed by atoms with van der Waals surface area (Å²) < 4.78 is 24.8. The predicted molar refractivity (Wildman–Crippen MR) is 90.5 cm³/mol. The maximum absolute atomic E-state index is 12.3. The predicted octanol–water partition coefficient (Wildman–Crippen LogP) is -0.0943. The van der Waals surface area contributed by atoms with Crippen molar-refractivity contribution in [2.24, 2.45) is 0 Å². The molecule has 0 aliphatic carbocycles. The smallest absolute Gasteiger partial charge is 0.237 e. The van der Waals surface area contributed by atoms with Gasteiger partial charge in [-0.3, -0.25) is 9.78 Å². The SMILES string of the molecule is CN(C)CCN(CC(=O)N(C)CCc1ccncc1)S(C)(=O)=O. The first-order valence-corrected chi connectivity index (χ1v) is 9.27. The zero-order valence-corrected chi connectivity index (χ0v) is 15.1. The van der Waals surface area contributed by atoms with Crippen molar-refractivity contribution in [2.75, 3.05) is 53.6 Å². The Morgan fingerprint density at radius 1 is 1.09 bits per heavy atom. The van der Waals surface area contributed by atoms with E-state index in [4.69, 9.17) is 0 Å². The normalized spacial score (nSPS) is 11.9. The summed E-state index contributed by atoms with van der Waals surface area (Å²) in [4.78, 5) is 19.7. The summed E-state index contributed by atoms with van der Waals surface area (Å²) >= 11 is 0. The third-order valence-corrected chi connectivity index (χ3v) is 4.74. The first-order valence-electron chi connectivity index (χ1n) is 7.43. The van der Waals surface area contributed by atoms with E-state index in [1.165, 1.54) is 4.31 Å². The number of amides is 1. The second-order valence-electron chi connectivity index (χ2n) is 5.82. The number of carbonyl (C=O) groups is 1. The molecule has 1 aromatic heterocycles. The zero-order chi connectivity index (χ0) is 17.5. The standard InChI is InChI=1S/C15H26N4O3S/c1-17(2)11-12-19(23(4,21)22)13-15(20)18(3)10-7-14-5-8-16-9-6-14/h5-6,8-9H,7,10-13H2,1-4H3. The van der Waals surface area contributed by atoms with Crippen molar-refractivity contribution in [1.82, 2.24) is 19.1 Å². The minimum atomic E-state index is -3.41. The van der Waals surface area contributed by atoms with Gasteiger partial charge < -0.3 is 9.80 Å². The second-order valence-corrected chi connectivity index (χ2v) is 7.80. The number of nitrogens with zero attached hydrogens (tertiary/aromatic N) is 4. The van der Waals surface area contributed by atoms with E-state index in [9.17, 15) is 13.2 Å². The molecule has 0 N–H and O–H groups in total. The quantitative estimate of drug-likeness (QED) is 0.627. The third-order valence-electron chi connectivity index (χ3n) is 3.49. The highest BCUT2D eigenvalue weighted by Gasteiger charge is 2.21. The molecule has 8 heteroatoms. The van der Waals surface area contributed by atoms with Crippen LogP contribution in [0.3, 0.4) is 0 Å². The van der Waals surface area contributed by atoms with E-state index < -0.39 is 10.0 Å². The Bertz CT molecular complexity index is 590. The number of sulfonamides is 1. The maximum Gasteiger partial charge on any atom is 0.237 e. The monoisotopic (exact) mass is 342 g/mol. The summed E-state index contributed by atoms with van der Waals surface area (Å²) in [6.45, 7) is 1.28. The van der Waals surface area contributed by atoms with Gasteiger partial charge in [0.25, 0.3) is 0 Å². The van der Waals surface area contributed by atoms with Crippen LogP contribution in [0, 0.1) is 0 Å². The molecule has 0 aliphatic rings. The van der Waals surface area contributed by atoms with Crippen LogP contribution in [-0.4, -0.2) is 87.0 Å². The van der Waals surface area contributed by atoms with Crippen molar-refractivity contribution in [1.29, 1.82) is 0 Å². The fraction of sp³-hybridized carbons (Fsp3) is 0.600. The van der Waals surface area contributed by atoms with Gasteiger partial charge in [-0.2, -0.15) is 4.31 Å². The van der Waals surface area contributed by atoms with Crippen LogP contribution in [0.5, 0.6) is 0 Å². The fourth-order valence-corrected chi connectivity index (χ4v) is 2.67. The number of rotatable bonds is 9. The second kappa shape index (κ2) is 8.95. The van der Waals surface area contributed by atoms with Crippen LogP contribution in [0.1, 0.15) is 5.56 Å². The van der Waals surface area contributed by atoms with E-state index in [1.54, 1.807) is 24.3 Å². The molecule has 0 saturated heterocycles. The minimum Gasteiger partial charge on any atom is -0.344 e. The highest BCUT2D eigenvalue weighted by molar-refractivity contribution is 7.88. The van der Waals surface area contributed by atoms with Gasteiger partial charge in [-0.15, -0.1) is 0 Å². The number of aromatic nitrogens is 1. The molecule has 0 spiro atoms. The van der Waals surface area contributed by atoms with Crippen LogP contribution in [-0.2, 0) is 21.2 Å². The molecule has 1 rings (SSSR count). The van der Waals surface area contributed by atoms with Gasteiger partial charge in [-0.1, -0.05) is 0 Å². The molecule has 0 unspecified atom stereocenters. The average molecular weight is 342 g/mol. The first-order chi connectivity index (χ1) is 10.7. The van der Waals surface area contributed by atoms with E-state index in [0.29, 0.717) is 26.1 Å². The summed E-state index contributed by atoms with van der Waals surface area (Å²) in [6.07, 6.45) is 5.27. The van der Waals surface area contributed by atoms with E-state index >= 15 is 0 Å². The Morgan fingerprint density at radius 3 is 2.22 bits per heavy atom. The number of pyridine rings is 1. The zero-order valence-electron chi connectivity index (χ0n) is 14.3. The van der Waals surface area contributed by atoms with Crippen molar-refractivity contribution >= 4 is 15.9 Å². The molecule has 1 heterocycles. The molecule has 0 aromatic carbocycles. The summed E-state index contributed by atoms with van der Waals surface area (Å²) in [5, 5.41) is 0. The number of hydrogen-bond donors (Lipinski definition) is 0.